The van der Waals surface area contributed by atoms with Crippen LogP contribution < -0.4 is 10.4 Å². The Morgan fingerprint density at radius 3 is 2.88 bits per heavy atom. The number of fused-ring (bicyclic) bond motifs is 2. The number of imidazole rings is 1. The number of amides is 1. The Bertz CT molecular complexity index is 1350. The van der Waals surface area contributed by atoms with E-state index in [4.69, 9.17) is 9.47 Å². The number of carbonyl (C=O) groups is 1. The summed E-state index contributed by atoms with van der Waals surface area (Å²) in [6, 6.07) is 7.70. The number of ether oxygens (including phenoxy) is 2. The normalized spacial score (nSPS) is 14.7. The Morgan fingerprint density at radius 2 is 2.06 bits per heavy atom. The van der Waals surface area contributed by atoms with Crippen molar-refractivity contribution in [2.45, 2.75) is 38.6 Å². The van der Waals surface area contributed by atoms with Gasteiger partial charge in [0.15, 0.2) is 11.5 Å². The number of nitrogens with one attached hydrogen (secondary N) is 2. The third-order valence-electron chi connectivity index (χ3n) is 5.98. The average Bonchev–Trinajstić information content (AvgIpc) is 3.45. The molecule has 1 saturated heterocycles. The number of piperidine rings is 1. The Kier molecular flexibility index (Phi) is 6.11. The molecule has 0 bridgehead atoms. The van der Waals surface area contributed by atoms with Crippen LogP contribution in [0, 0.1) is 0 Å². The van der Waals surface area contributed by atoms with Crippen molar-refractivity contribution in [1.82, 2.24) is 40.1 Å². The largest absolute Gasteiger partial charge is 0.494 e. The van der Waals surface area contributed by atoms with Crippen LogP contribution in [0.4, 0.5) is 4.79 Å². The van der Waals surface area contributed by atoms with Crippen LogP contribution in [-0.4, -0.2) is 72.5 Å². The standard InChI is InChI=1S/C22H26N8O4/c1-2-33-22(32)29-9-7-15(8-10-29)30-19(26-27-28-30)4-3-11-34-16-5-6-17-14(12-16)13-18-20(23-17)25-21(31)24-18/h5-6,12-13,15H,2-4,7-11H2,1H3,(H2,23,24,25,31). The van der Waals surface area contributed by atoms with E-state index in [1.807, 2.05) is 35.9 Å². The monoisotopic (exact) mass is 466 g/mol. The van der Waals surface area contributed by atoms with E-state index in [9.17, 15) is 9.59 Å². The molecule has 0 spiro atoms. The summed E-state index contributed by atoms with van der Waals surface area (Å²) in [4.78, 5) is 35.0. The first-order chi connectivity index (χ1) is 16.6. The molecule has 3 aromatic heterocycles. The van der Waals surface area contributed by atoms with Crippen molar-refractivity contribution in [3.05, 3.63) is 40.6 Å². The van der Waals surface area contributed by atoms with E-state index >= 15 is 0 Å². The summed E-state index contributed by atoms with van der Waals surface area (Å²) in [7, 11) is 0. The highest BCUT2D eigenvalue weighted by Gasteiger charge is 2.26. The van der Waals surface area contributed by atoms with Crippen LogP contribution in [0.2, 0.25) is 0 Å². The molecule has 1 aliphatic heterocycles. The second-order valence-corrected chi connectivity index (χ2v) is 8.23. The fourth-order valence-electron chi connectivity index (χ4n) is 4.28. The van der Waals surface area contributed by atoms with E-state index in [1.165, 1.54) is 0 Å². The predicted molar refractivity (Wildman–Crippen MR) is 123 cm³/mol. The molecule has 34 heavy (non-hydrogen) atoms. The van der Waals surface area contributed by atoms with Crippen molar-refractivity contribution in [3.63, 3.8) is 0 Å². The van der Waals surface area contributed by atoms with Gasteiger partial charge in [-0.2, -0.15) is 0 Å². The quantitative estimate of drug-likeness (QED) is 0.395. The minimum Gasteiger partial charge on any atom is -0.494 e. The third kappa shape index (κ3) is 4.56. The van der Waals surface area contributed by atoms with E-state index < -0.39 is 0 Å². The molecule has 4 aromatic rings. The molecule has 0 unspecified atom stereocenters. The van der Waals surface area contributed by atoms with Gasteiger partial charge in [-0.05, 0) is 60.9 Å². The van der Waals surface area contributed by atoms with Crippen LogP contribution in [0.1, 0.15) is 38.1 Å². The van der Waals surface area contributed by atoms with Crippen molar-refractivity contribution in [3.8, 4) is 5.75 Å². The first kappa shape index (κ1) is 21.9. The summed E-state index contributed by atoms with van der Waals surface area (Å²) in [5, 5.41) is 13.1. The highest BCUT2D eigenvalue weighted by atomic mass is 16.6. The van der Waals surface area contributed by atoms with Gasteiger partial charge in [-0.1, -0.05) is 0 Å². The zero-order chi connectivity index (χ0) is 23.5. The molecule has 0 radical (unpaired) electrons. The van der Waals surface area contributed by atoms with Gasteiger partial charge in [0.05, 0.1) is 30.3 Å². The van der Waals surface area contributed by atoms with Gasteiger partial charge < -0.3 is 19.4 Å². The average molecular weight is 467 g/mol. The number of carbonyl (C=O) groups excluding carboxylic acids is 1. The minimum atomic E-state index is -0.277. The molecule has 0 saturated carbocycles. The maximum absolute atomic E-state index is 11.9. The number of tetrazole rings is 1. The second-order valence-electron chi connectivity index (χ2n) is 8.23. The summed E-state index contributed by atoms with van der Waals surface area (Å²) in [6.07, 6.45) is 2.76. The van der Waals surface area contributed by atoms with Gasteiger partial charge in [0.2, 0.25) is 0 Å². The van der Waals surface area contributed by atoms with Crippen molar-refractivity contribution >= 4 is 28.2 Å². The zero-order valence-electron chi connectivity index (χ0n) is 18.9. The number of aryl methyl sites for hydroxylation is 1. The summed E-state index contributed by atoms with van der Waals surface area (Å²) in [6.45, 7) is 3.96. The fourth-order valence-corrected chi connectivity index (χ4v) is 4.28. The lowest BCUT2D eigenvalue weighted by molar-refractivity contribution is 0.0910. The Balaban J connectivity index is 1.15. The van der Waals surface area contributed by atoms with Gasteiger partial charge in [0.1, 0.15) is 5.75 Å². The van der Waals surface area contributed by atoms with Crippen LogP contribution in [-0.2, 0) is 11.2 Å². The fraction of sp³-hybridized carbons (Fsp3) is 0.455. The van der Waals surface area contributed by atoms with Crippen LogP contribution in [0.25, 0.3) is 22.1 Å². The first-order valence-corrected chi connectivity index (χ1v) is 11.4. The van der Waals surface area contributed by atoms with Gasteiger partial charge in [-0.15, -0.1) is 5.10 Å². The highest BCUT2D eigenvalue weighted by molar-refractivity contribution is 5.89. The SMILES string of the molecule is CCOC(=O)N1CCC(n2nnnc2CCCOc2ccc3nc4[nH]c(=O)[nH]c4cc3c2)CC1. The predicted octanol–water partition coefficient (Wildman–Crippen LogP) is 2.20. The summed E-state index contributed by atoms with van der Waals surface area (Å²) in [5.74, 6) is 1.55. The van der Waals surface area contributed by atoms with Crippen molar-refractivity contribution in [2.75, 3.05) is 26.3 Å². The number of aromatic nitrogens is 7. The molecule has 12 nitrogen and oxygen atoms in total. The molecule has 5 rings (SSSR count). The molecular formula is C22H26N8O4. The molecule has 2 N–H and O–H groups in total. The maximum Gasteiger partial charge on any atom is 0.409 e. The zero-order valence-corrected chi connectivity index (χ0v) is 18.9. The molecule has 1 fully saturated rings. The Labute approximate surface area is 194 Å². The Hall–Kier alpha value is -3.96. The highest BCUT2D eigenvalue weighted by Crippen LogP contribution is 2.24. The lowest BCUT2D eigenvalue weighted by Crippen LogP contribution is -2.39. The number of aromatic amines is 2. The van der Waals surface area contributed by atoms with Gasteiger partial charge in [0, 0.05) is 24.9 Å². The number of pyridine rings is 1. The van der Waals surface area contributed by atoms with E-state index in [-0.39, 0.29) is 17.8 Å². The van der Waals surface area contributed by atoms with Gasteiger partial charge in [0.25, 0.3) is 0 Å². The van der Waals surface area contributed by atoms with E-state index in [1.54, 1.807) is 4.90 Å². The van der Waals surface area contributed by atoms with E-state index in [0.717, 1.165) is 41.7 Å². The number of H-pyrrole nitrogens is 2. The van der Waals surface area contributed by atoms with Gasteiger partial charge in [-0.25, -0.2) is 19.3 Å². The van der Waals surface area contributed by atoms with Crippen molar-refractivity contribution in [1.29, 1.82) is 0 Å². The topological polar surface area (TPSA) is 144 Å². The van der Waals surface area contributed by atoms with Gasteiger partial charge in [-0.3, -0.25) is 4.98 Å². The molecule has 12 heteroatoms. The summed E-state index contributed by atoms with van der Waals surface area (Å²) >= 11 is 0. The summed E-state index contributed by atoms with van der Waals surface area (Å²) < 4.78 is 12.9. The Morgan fingerprint density at radius 1 is 1.21 bits per heavy atom. The smallest absolute Gasteiger partial charge is 0.409 e. The van der Waals surface area contributed by atoms with E-state index in [2.05, 4.69) is 30.5 Å². The second kappa shape index (κ2) is 9.49. The molecule has 0 atom stereocenters. The lowest BCUT2D eigenvalue weighted by atomic mass is 10.1. The number of nitrogens with zero attached hydrogens (tertiary/aromatic N) is 6. The number of hydrogen-bond acceptors (Lipinski definition) is 8. The van der Waals surface area contributed by atoms with Crippen LogP contribution in [0.3, 0.4) is 0 Å². The molecule has 178 valence electrons. The molecule has 1 aromatic carbocycles. The number of hydrogen-bond donors (Lipinski definition) is 2. The van der Waals surface area contributed by atoms with Crippen LogP contribution in [0.5, 0.6) is 5.75 Å². The molecule has 1 amide bonds. The third-order valence-corrected chi connectivity index (χ3v) is 5.98. The first-order valence-electron chi connectivity index (χ1n) is 11.4. The van der Waals surface area contributed by atoms with Gasteiger partial charge >= 0.3 is 11.8 Å². The maximum atomic E-state index is 11.9. The summed E-state index contributed by atoms with van der Waals surface area (Å²) in [5.41, 5.74) is 1.70. The number of benzene rings is 1. The minimum absolute atomic E-state index is 0.168. The molecule has 4 heterocycles. The molecular weight excluding hydrogens is 440 g/mol. The number of rotatable bonds is 7. The van der Waals surface area contributed by atoms with Crippen molar-refractivity contribution < 1.29 is 14.3 Å². The van der Waals surface area contributed by atoms with Crippen LogP contribution >= 0.6 is 0 Å². The van der Waals surface area contributed by atoms with Crippen molar-refractivity contribution in [2.24, 2.45) is 0 Å². The lowest BCUT2D eigenvalue weighted by Gasteiger charge is -2.31. The molecule has 1 aliphatic rings. The number of likely N-dealkylation sites (tertiary alicyclic amines) is 1. The van der Waals surface area contributed by atoms with E-state index in [0.29, 0.717) is 43.9 Å². The van der Waals surface area contributed by atoms with Crippen LogP contribution in [0.15, 0.2) is 29.1 Å². The molecule has 0 aliphatic carbocycles.